The first-order valence-electron chi connectivity index (χ1n) is 8.63. The molecule has 144 valence electrons. The molecule has 1 N–H and O–H groups in total. The first kappa shape index (κ1) is 19.7. The van der Waals surface area contributed by atoms with Crippen molar-refractivity contribution in [2.75, 3.05) is 7.11 Å². The summed E-state index contributed by atoms with van der Waals surface area (Å²) in [6.07, 6.45) is 0. The van der Waals surface area contributed by atoms with Gasteiger partial charge in [0.1, 0.15) is 12.4 Å². The highest BCUT2D eigenvalue weighted by Gasteiger charge is 2.10. The number of methoxy groups -OCH3 is 1. The summed E-state index contributed by atoms with van der Waals surface area (Å²) in [6, 6.07) is 18.5. The average molecular weight is 400 g/mol. The van der Waals surface area contributed by atoms with Crippen molar-refractivity contribution < 1.29 is 18.7 Å². The van der Waals surface area contributed by atoms with E-state index in [1.54, 1.807) is 54.6 Å². The van der Waals surface area contributed by atoms with Crippen LogP contribution in [0.1, 0.15) is 21.5 Å². The van der Waals surface area contributed by atoms with Crippen LogP contribution in [0.25, 0.3) is 0 Å². The van der Waals surface area contributed by atoms with E-state index in [0.29, 0.717) is 34.2 Å². The first-order valence-corrected chi connectivity index (χ1v) is 9.01. The third-order valence-corrected chi connectivity index (χ3v) is 4.34. The maximum Gasteiger partial charge on any atom is 0.251 e. The number of amides is 1. The molecule has 28 heavy (non-hydrogen) atoms. The zero-order valence-corrected chi connectivity index (χ0v) is 16.0. The second-order valence-electron chi connectivity index (χ2n) is 6.06. The molecule has 3 aromatic carbocycles. The maximum atomic E-state index is 13.7. The first-order chi connectivity index (χ1) is 13.6. The molecule has 0 unspecified atom stereocenters. The lowest BCUT2D eigenvalue weighted by atomic mass is 10.1. The molecule has 0 spiro atoms. The van der Waals surface area contributed by atoms with Crippen LogP contribution in [0.2, 0.25) is 5.02 Å². The Morgan fingerprint density at radius 1 is 1.04 bits per heavy atom. The van der Waals surface area contributed by atoms with Crippen molar-refractivity contribution in [2.45, 2.75) is 13.2 Å². The Hall–Kier alpha value is -3.05. The molecule has 0 fully saturated rings. The standard InChI is InChI=1S/C22H19ClFNO3/c1-27-21-11-15(13-25-22(26)16-6-4-7-18(23)12-16)9-10-20(21)28-14-17-5-2-3-8-19(17)24/h2-12H,13-14H2,1H3,(H,25,26). The quantitative estimate of drug-likeness (QED) is 0.608. The Labute approximate surface area is 167 Å². The Balaban J connectivity index is 1.64. The van der Waals surface area contributed by atoms with Gasteiger partial charge in [0.25, 0.3) is 5.91 Å². The van der Waals surface area contributed by atoms with Crippen molar-refractivity contribution >= 4 is 17.5 Å². The fourth-order valence-corrected chi connectivity index (χ4v) is 2.82. The number of carbonyl (C=O) groups excluding carboxylic acids is 1. The molecule has 0 saturated heterocycles. The Morgan fingerprint density at radius 3 is 2.61 bits per heavy atom. The number of benzene rings is 3. The lowest BCUT2D eigenvalue weighted by Crippen LogP contribution is -2.22. The molecule has 0 atom stereocenters. The van der Waals surface area contributed by atoms with Crippen LogP contribution >= 0.6 is 11.6 Å². The minimum Gasteiger partial charge on any atom is -0.493 e. The van der Waals surface area contributed by atoms with E-state index in [1.165, 1.54) is 13.2 Å². The zero-order chi connectivity index (χ0) is 19.9. The summed E-state index contributed by atoms with van der Waals surface area (Å²) in [7, 11) is 1.53. The number of ether oxygens (including phenoxy) is 2. The van der Waals surface area contributed by atoms with Crippen LogP contribution in [0.15, 0.2) is 66.7 Å². The topological polar surface area (TPSA) is 47.6 Å². The zero-order valence-electron chi connectivity index (χ0n) is 15.2. The lowest BCUT2D eigenvalue weighted by molar-refractivity contribution is 0.0951. The SMILES string of the molecule is COc1cc(CNC(=O)c2cccc(Cl)c2)ccc1OCc1ccccc1F. The predicted molar refractivity (Wildman–Crippen MR) is 106 cm³/mol. The third kappa shape index (κ3) is 5.02. The molecule has 4 nitrogen and oxygen atoms in total. The molecule has 0 bridgehead atoms. The summed E-state index contributed by atoms with van der Waals surface area (Å²) >= 11 is 5.91. The lowest BCUT2D eigenvalue weighted by Gasteiger charge is -2.13. The van der Waals surface area contributed by atoms with Crippen LogP contribution < -0.4 is 14.8 Å². The Kier molecular flexibility index (Phi) is 6.50. The summed E-state index contributed by atoms with van der Waals surface area (Å²) in [4.78, 5) is 12.2. The monoisotopic (exact) mass is 399 g/mol. The van der Waals surface area contributed by atoms with E-state index in [2.05, 4.69) is 5.32 Å². The number of nitrogens with one attached hydrogen (secondary N) is 1. The fourth-order valence-electron chi connectivity index (χ4n) is 2.63. The number of carbonyl (C=O) groups is 1. The average Bonchev–Trinajstić information content (AvgIpc) is 2.71. The molecule has 0 aromatic heterocycles. The maximum absolute atomic E-state index is 13.7. The van der Waals surface area contributed by atoms with Gasteiger partial charge < -0.3 is 14.8 Å². The summed E-state index contributed by atoms with van der Waals surface area (Å²) in [5.41, 5.74) is 1.79. The molecule has 3 rings (SSSR count). The molecule has 6 heteroatoms. The van der Waals surface area contributed by atoms with Gasteiger partial charge in [0.15, 0.2) is 11.5 Å². The van der Waals surface area contributed by atoms with E-state index in [4.69, 9.17) is 21.1 Å². The predicted octanol–water partition coefficient (Wildman–Crippen LogP) is 5.00. The van der Waals surface area contributed by atoms with Crippen LogP contribution in [0.5, 0.6) is 11.5 Å². The molecule has 0 heterocycles. The number of halogens is 2. The van der Waals surface area contributed by atoms with E-state index in [1.807, 2.05) is 6.07 Å². The van der Waals surface area contributed by atoms with Crippen molar-refractivity contribution in [3.05, 3.63) is 94.3 Å². The van der Waals surface area contributed by atoms with Crippen molar-refractivity contribution in [3.8, 4) is 11.5 Å². The highest BCUT2D eigenvalue weighted by atomic mass is 35.5. The minimum atomic E-state index is -0.318. The fraction of sp³-hybridized carbons (Fsp3) is 0.136. The highest BCUT2D eigenvalue weighted by Crippen LogP contribution is 2.29. The normalized spacial score (nSPS) is 10.4. The molecule has 1 amide bonds. The van der Waals surface area contributed by atoms with Crippen molar-refractivity contribution in [1.29, 1.82) is 0 Å². The minimum absolute atomic E-state index is 0.0912. The van der Waals surface area contributed by atoms with E-state index >= 15 is 0 Å². The molecule has 0 aliphatic heterocycles. The highest BCUT2D eigenvalue weighted by molar-refractivity contribution is 6.30. The van der Waals surface area contributed by atoms with Crippen molar-refractivity contribution in [3.63, 3.8) is 0 Å². The van der Waals surface area contributed by atoms with Gasteiger partial charge in [-0.2, -0.15) is 0 Å². The van der Waals surface area contributed by atoms with Gasteiger partial charge in [-0.15, -0.1) is 0 Å². The van der Waals surface area contributed by atoms with Crippen LogP contribution in [0, 0.1) is 5.82 Å². The smallest absolute Gasteiger partial charge is 0.251 e. The van der Waals surface area contributed by atoms with Crippen molar-refractivity contribution in [2.24, 2.45) is 0 Å². The molecule has 0 saturated carbocycles. The van der Waals surface area contributed by atoms with Gasteiger partial charge in [0.2, 0.25) is 0 Å². The summed E-state index contributed by atoms with van der Waals surface area (Å²) in [5, 5.41) is 3.34. The molecule has 0 aliphatic carbocycles. The van der Waals surface area contributed by atoms with Gasteiger partial charge in [0.05, 0.1) is 7.11 Å². The van der Waals surface area contributed by atoms with Gasteiger partial charge in [0, 0.05) is 22.7 Å². The molecule has 0 aliphatic rings. The number of hydrogen-bond acceptors (Lipinski definition) is 3. The van der Waals surface area contributed by atoms with Crippen molar-refractivity contribution in [1.82, 2.24) is 5.32 Å². The van der Waals surface area contributed by atoms with Crippen LogP contribution in [0.3, 0.4) is 0 Å². The van der Waals surface area contributed by atoms with E-state index in [0.717, 1.165) is 5.56 Å². The summed E-state index contributed by atoms with van der Waals surface area (Å²) < 4.78 is 24.8. The van der Waals surface area contributed by atoms with Gasteiger partial charge in [-0.05, 0) is 42.0 Å². The van der Waals surface area contributed by atoms with Gasteiger partial charge >= 0.3 is 0 Å². The van der Waals surface area contributed by atoms with E-state index in [-0.39, 0.29) is 18.3 Å². The van der Waals surface area contributed by atoms with Crippen LogP contribution in [-0.4, -0.2) is 13.0 Å². The number of hydrogen-bond donors (Lipinski definition) is 1. The molecular weight excluding hydrogens is 381 g/mol. The van der Waals surface area contributed by atoms with Crippen LogP contribution in [-0.2, 0) is 13.2 Å². The molecule has 0 radical (unpaired) electrons. The van der Waals surface area contributed by atoms with E-state index in [9.17, 15) is 9.18 Å². The summed E-state index contributed by atoms with van der Waals surface area (Å²) in [5.74, 6) is 0.463. The van der Waals surface area contributed by atoms with E-state index < -0.39 is 0 Å². The van der Waals surface area contributed by atoms with Gasteiger partial charge in [-0.1, -0.05) is 41.9 Å². The van der Waals surface area contributed by atoms with Gasteiger partial charge in [-0.3, -0.25) is 4.79 Å². The second kappa shape index (κ2) is 9.24. The van der Waals surface area contributed by atoms with Gasteiger partial charge in [-0.25, -0.2) is 4.39 Å². The Morgan fingerprint density at radius 2 is 1.86 bits per heavy atom. The second-order valence-corrected chi connectivity index (χ2v) is 6.49. The Bertz CT molecular complexity index is 978. The third-order valence-electron chi connectivity index (χ3n) is 4.11. The molecule has 3 aromatic rings. The summed E-state index contributed by atoms with van der Waals surface area (Å²) in [6.45, 7) is 0.406. The number of rotatable bonds is 7. The van der Waals surface area contributed by atoms with Crippen LogP contribution in [0.4, 0.5) is 4.39 Å². The largest absolute Gasteiger partial charge is 0.493 e. The molecular formula is C22H19ClFNO3.